The van der Waals surface area contributed by atoms with E-state index in [-0.39, 0.29) is 5.78 Å². The summed E-state index contributed by atoms with van der Waals surface area (Å²) in [5, 5.41) is 7.70. The minimum Gasteiger partial charge on any atom is -0.304 e. The van der Waals surface area contributed by atoms with E-state index in [0.717, 1.165) is 4.47 Å². The predicted octanol–water partition coefficient (Wildman–Crippen LogP) is 3.39. The smallest absolute Gasteiger partial charge is 0.175 e. The Morgan fingerprint density at radius 2 is 1.88 bits per heavy atom. The maximum atomic E-state index is 12.1. The highest BCUT2D eigenvalue weighted by atomic mass is 79.9. The molecule has 0 saturated heterocycles. The molecule has 3 heteroatoms. The van der Waals surface area contributed by atoms with Crippen LogP contribution in [0.2, 0.25) is 0 Å². The summed E-state index contributed by atoms with van der Waals surface area (Å²) in [6.07, 6.45) is 6.99. The van der Waals surface area contributed by atoms with Crippen molar-refractivity contribution in [3.05, 3.63) is 58.6 Å². The highest BCUT2D eigenvalue weighted by Gasteiger charge is 2.21. The fourth-order valence-corrected chi connectivity index (χ4v) is 1.83. The van der Waals surface area contributed by atoms with Gasteiger partial charge >= 0.3 is 0 Å². The van der Waals surface area contributed by atoms with Crippen LogP contribution in [-0.4, -0.2) is 11.5 Å². The predicted molar refractivity (Wildman–Crippen MR) is 68.0 cm³/mol. The number of halogens is 1. The molecule has 1 atom stereocenters. The van der Waals surface area contributed by atoms with E-state index in [1.165, 1.54) is 0 Å². The average Bonchev–Trinajstić information content (AvgIpc) is 2.30. The number of allylic oxidation sites excluding steroid dienone is 4. The maximum absolute atomic E-state index is 12.1. The molecule has 0 radical (unpaired) electrons. The molecule has 1 aliphatic rings. The molecule has 1 aliphatic carbocycles. The quantitative estimate of drug-likeness (QED) is 0.826. The zero-order valence-electron chi connectivity index (χ0n) is 8.48. The molecule has 1 aromatic carbocycles. The number of Topliss-reactive ketones (excluding diaryl/α,β-unsaturated/α-hetero) is 1. The number of carbonyl (C=O) groups excluding carboxylic acids is 1. The highest BCUT2D eigenvalue weighted by Crippen LogP contribution is 2.17. The normalized spacial score (nSPS) is 18.8. The van der Waals surface area contributed by atoms with E-state index in [9.17, 15) is 4.79 Å². The first-order valence-corrected chi connectivity index (χ1v) is 5.71. The third-order valence-electron chi connectivity index (χ3n) is 2.44. The molecule has 2 nitrogen and oxygen atoms in total. The summed E-state index contributed by atoms with van der Waals surface area (Å²) in [6, 6.07) is 7.20. The van der Waals surface area contributed by atoms with E-state index >= 15 is 0 Å². The zero-order chi connectivity index (χ0) is 11.5. The van der Waals surface area contributed by atoms with Gasteiger partial charge in [-0.1, -0.05) is 46.3 Å². The summed E-state index contributed by atoms with van der Waals surface area (Å²) < 4.78 is 0.943. The molecule has 0 aromatic heterocycles. The summed E-state index contributed by atoms with van der Waals surface area (Å²) in [7, 11) is 0. The topological polar surface area (TPSA) is 40.9 Å². The molecule has 0 amide bonds. The first-order chi connectivity index (χ1) is 7.68. The van der Waals surface area contributed by atoms with Crippen LogP contribution < -0.4 is 0 Å². The Kier molecular flexibility index (Phi) is 3.15. The van der Waals surface area contributed by atoms with Crippen molar-refractivity contribution >= 4 is 27.4 Å². The number of nitrogens with one attached hydrogen (secondary N) is 1. The van der Waals surface area contributed by atoms with Crippen molar-refractivity contribution in [3.63, 3.8) is 0 Å². The number of benzene rings is 1. The van der Waals surface area contributed by atoms with Crippen LogP contribution in [0.5, 0.6) is 0 Å². The minimum atomic E-state index is -0.439. The van der Waals surface area contributed by atoms with E-state index in [0.29, 0.717) is 11.3 Å². The third-order valence-corrected chi connectivity index (χ3v) is 2.97. The number of rotatable bonds is 2. The fourth-order valence-electron chi connectivity index (χ4n) is 1.56. The van der Waals surface area contributed by atoms with Crippen LogP contribution in [0.25, 0.3) is 0 Å². The highest BCUT2D eigenvalue weighted by molar-refractivity contribution is 9.10. The van der Waals surface area contributed by atoms with Gasteiger partial charge in [0.25, 0.3) is 0 Å². The van der Waals surface area contributed by atoms with Gasteiger partial charge < -0.3 is 5.41 Å². The molecule has 0 aliphatic heterocycles. The molecule has 0 heterocycles. The molecule has 16 heavy (non-hydrogen) atoms. The van der Waals surface area contributed by atoms with Crippen LogP contribution in [0.4, 0.5) is 0 Å². The van der Waals surface area contributed by atoms with Gasteiger partial charge in [-0.25, -0.2) is 0 Å². The van der Waals surface area contributed by atoms with Gasteiger partial charge in [0.15, 0.2) is 5.78 Å². The lowest BCUT2D eigenvalue weighted by Crippen LogP contribution is -2.21. The molecule has 0 bridgehead atoms. The molecule has 1 aromatic rings. The SMILES string of the molecule is N=C1C=CC=CC1C(=O)c1ccc(Br)cc1. The van der Waals surface area contributed by atoms with E-state index in [4.69, 9.17) is 5.41 Å². The number of ketones is 1. The van der Waals surface area contributed by atoms with Crippen LogP contribution >= 0.6 is 15.9 Å². The first kappa shape index (κ1) is 11.0. The van der Waals surface area contributed by atoms with Gasteiger partial charge in [-0.2, -0.15) is 0 Å². The van der Waals surface area contributed by atoms with Gasteiger partial charge in [-0.3, -0.25) is 4.79 Å². The molecule has 0 fully saturated rings. The van der Waals surface area contributed by atoms with Crippen LogP contribution in [0, 0.1) is 11.3 Å². The summed E-state index contributed by atoms with van der Waals surface area (Å²) in [5.74, 6) is -0.468. The standard InChI is InChI=1S/C13H10BrNO/c14-10-7-5-9(6-8-10)13(16)11-3-1-2-4-12(11)15/h1-8,11,15H. The monoisotopic (exact) mass is 275 g/mol. The lowest BCUT2D eigenvalue weighted by molar-refractivity contribution is 0.0972. The molecule has 0 spiro atoms. The lowest BCUT2D eigenvalue weighted by atomic mass is 9.90. The first-order valence-electron chi connectivity index (χ1n) is 4.91. The Balaban J connectivity index is 2.25. The van der Waals surface area contributed by atoms with Gasteiger partial charge in [0.1, 0.15) is 0 Å². The second-order valence-electron chi connectivity index (χ2n) is 3.55. The summed E-state index contributed by atoms with van der Waals surface area (Å²) in [5.41, 5.74) is 0.980. The van der Waals surface area contributed by atoms with Crippen LogP contribution in [0.15, 0.2) is 53.0 Å². The Hall–Kier alpha value is -1.48. The molecule has 0 saturated carbocycles. The summed E-state index contributed by atoms with van der Waals surface area (Å²) >= 11 is 3.32. The van der Waals surface area contributed by atoms with Crippen molar-refractivity contribution in [1.29, 1.82) is 5.41 Å². The van der Waals surface area contributed by atoms with Crippen LogP contribution in [-0.2, 0) is 0 Å². The summed E-state index contributed by atoms with van der Waals surface area (Å²) in [4.78, 5) is 12.1. The van der Waals surface area contributed by atoms with E-state index in [1.807, 2.05) is 12.1 Å². The van der Waals surface area contributed by atoms with Crippen molar-refractivity contribution in [3.8, 4) is 0 Å². The minimum absolute atomic E-state index is 0.0295. The van der Waals surface area contributed by atoms with Crippen LogP contribution in [0.1, 0.15) is 10.4 Å². The van der Waals surface area contributed by atoms with Gasteiger partial charge in [-0.15, -0.1) is 0 Å². The number of carbonyl (C=O) groups is 1. The Morgan fingerprint density at radius 3 is 2.50 bits per heavy atom. The van der Waals surface area contributed by atoms with Gasteiger partial charge in [0.2, 0.25) is 0 Å². The summed E-state index contributed by atoms with van der Waals surface area (Å²) in [6.45, 7) is 0. The van der Waals surface area contributed by atoms with E-state index in [1.54, 1.807) is 36.4 Å². The van der Waals surface area contributed by atoms with Crippen molar-refractivity contribution in [2.24, 2.45) is 5.92 Å². The van der Waals surface area contributed by atoms with E-state index < -0.39 is 5.92 Å². The molecule has 1 unspecified atom stereocenters. The second-order valence-corrected chi connectivity index (χ2v) is 4.46. The third kappa shape index (κ3) is 2.19. The number of hydrogen-bond donors (Lipinski definition) is 1. The van der Waals surface area contributed by atoms with Crippen molar-refractivity contribution in [2.75, 3.05) is 0 Å². The maximum Gasteiger partial charge on any atom is 0.175 e. The fraction of sp³-hybridized carbons (Fsp3) is 0.0769. The molecular formula is C13H10BrNO. The molecule has 80 valence electrons. The zero-order valence-corrected chi connectivity index (χ0v) is 10.1. The molecular weight excluding hydrogens is 266 g/mol. The van der Waals surface area contributed by atoms with Crippen molar-refractivity contribution in [1.82, 2.24) is 0 Å². The van der Waals surface area contributed by atoms with E-state index in [2.05, 4.69) is 15.9 Å². The number of hydrogen-bond acceptors (Lipinski definition) is 2. The van der Waals surface area contributed by atoms with Crippen molar-refractivity contribution in [2.45, 2.75) is 0 Å². The van der Waals surface area contributed by atoms with Gasteiger partial charge in [0, 0.05) is 15.7 Å². The van der Waals surface area contributed by atoms with Crippen LogP contribution in [0.3, 0.4) is 0 Å². The molecule has 2 rings (SSSR count). The van der Waals surface area contributed by atoms with Gasteiger partial charge in [0.05, 0.1) is 5.92 Å². The van der Waals surface area contributed by atoms with Gasteiger partial charge in [-0.05, 0) is 18.2 Å². The Morgan fingerprint density at radius 1 is 1.19 bits per heavy atom. The lowest BCUT2D eigenvalue weighted by Gasteiger charge is -2.12. The van der Waals surface area contributed by atoms with Crippen molar-refractivity contribution < 1.29 is 4.79 Å². The Labute approximate surface area is 102 Å². The molecule has 1 N–H and O–H groups in total. The Bertz CT molecular complexity index is 485. The average molecular weight is 276 g/mol. The second kappa shape index (κ2) is 4.58. The largest absolute Gasteiger partial charge is 0.304 e.